The average molecular weight is 229 g/mol. The van der Waals surface area contributed by atoms with E-state index in [1.54, 1.807) is 0 Å². The highest BCUT2D eigenvalue weighted by molar-refractivity contribution is 5.53. The molecule has 3 nitrogen and oxygen atoms in total. The van der Waals surface area contributed by atoms with Crippen molar-refractivity contribution in [3.63, 3.8) is 0 Å². The molecule has 1 aliphatic rings. The molecule has 2 N–H and O–H groups in total. The molecule has 0 unspecified atom stereocenters. The van der Waals surface area contributed by atoms with Crippen LogP contribution in [0.15, 0.2) is 18.2 Å². The number of nitrogens with zero attached hydrogens (tertiary/aromatic N) is 1. The van der Waals surface area contributed by atoms with Crippen LogP contribution in [0, 0.1) is 18.3 Å². The van der Waals surface area contributed by atoms with Gasteiger partial charge in [0.25, 0.3) is 0 Å². The van der Waals surface area contributed by atoms with Gasteiger partial charge in [0.1, 0.15) is 0 Å². The number of piperidine rings is 1. The summed E-state index contributed by atoms with van der Waals surface area (Å²) in [6, 6.07) is 8.15. The van der Waals surface area contributed by atoms with Crippen LogP contribution in [0.25, 0.3) is 0 Å². The minimum absolute atomic E-state index is 0.172. The van der Waals surface area contributed by atoms with E-state index in [0.29, 0.717) is 0 Å². The summed E-state index contributed by atoms with van der Waals surface area (Å²) in [6.07, 6.45) is 2.26. The monoisotopic (exact) mass is 229 g/mol. The number of benzene rings is 1. The van der Waals surface area contributed by atoms with Crippen LogP contribution in [0.1, 0.15) is 30.9 Å². The van der Waals surface area contributed by atoms with Gasteiger partial charge in [-0.15, -0.1) is 0 Å². The Bertz CT molecular complexity index is 439. The molecular formula is C14H19N3. The quantitative estimate of drug-likeness (QED) is 0.818. The van der Waals surface area contributed by atoms with Gasteiger partial charge in [-0.2, -0.15) is 5.26 Å². The molecule has 0 amide bonds. The summed E-state index contributed by atoms with van der Waals surface area (Å²) in [7, 11) is 0. The number of hydrogen-bond donors (Lipinski definition) is 2. The van der Waals surface area contributed by atoms with Crippen molar-refractivity contribution < 1.29 is 0 Å². The van der Waals surface area contributed by atoms with Crippen molar-refractivity contribution >= 4 is 5.69 Å². The average Bonchev–Trinajstić information content (AvgIpc) is 2.29. The lowest BCUT2D eigenvalue weighted by Crippen LogP contribution is -2.45. The summed E-state index contributed by atoms with van der Waals surface area (Å²) in [5.74, 6) is 0. The summed E-state index contributed by atoms with van der Waals surface area (Å²) in [6.45, 7) is 6.38. The van der Waals surface area contributed by atoms with Crippen molar-refractivity contribution in [2.24, 2.45) is 0 Å². The first-order chi connectivity index (χ1) is 8.13. The van der Waals surface area contributed by atoms with E-state index in [1.807, 2.05) is 19.1 Å². The molecule has 90 valence electrons. The topological polar surface area (TPSA) is 47.8 Å². The maximum absolute atomic E-state index is 8.90. The lowest BCUT2D eigenvalue weighted by molar-refractivity contribution is 0.365. The fourth-order valence-corrected chi connectivity index (χ4v) is 2.32. The van der Waals surface area contributed by atoms with Crippen LogP contribution in [0.3, 0.4) is 0 Å². The molecule has 17 heavy (non-hydrogen) atoms. The smallest absolute Gasteiger partial charge is 0.0994 e. The van der Waals surface area contributed by atoms with E-state index in [0.717, 1.165) is 42.7 Å². The fourth-order valence-electron chi connectivity index (χ4n) is 2.32. The number of nitriles is 1. The molecular weight excluding hydrogens is 210 g/mol. The van der Waals surface area contributed by atoms with Gasteiger partial charge >= 0.3 is 0 Å². The third-order valence-electron chi connectivity index (χ3n) is 3.50. The molecule has 1 saturated heterocycles. The fraction of sp³-hybridized carbons (Fsp3) is 0.500. The van der Waals surface area contributed by atoms with Gasteiger partial charge in [0.05, 0.1) is 11.6 Å². The normalized spacial score (nSPS) is 18.4. The van der Waals surface area contributed by atoms with E-state index >= 15 is 0 Å². The minimum Gasteiger partial charge on any atom is -0.380 e. The molecule has 0 bridgehead atoms. The van der Waals surface area contributed by atoms with Crippen LogP contribution in [-0.4, -0.2) is 18.6 Å². The molecule has 1 aromatic carbocycles. The van der Waals surface area contributed by atoms with Crippen LogP contribution < -0.4 is 10.6 Å². The van der Waals surface area contributed by atoms with Crippen LogP contribution in [0.2, 0.25) is 0 Å². The van der Waals surface area contributed by atoms with E-state index < -0.39 is 0 Å². The van der Waals surface area contributed by atoms with Gasteiger partial charge in [0, 0.05) is 11.2 Å². The number of aryl methyl sites for hydroxylation is 1. The molecule has 3 heteroatoms. The molecule has 1 fully saturated rings. The highest BCUT2D eigenvalue weighted by Gasteiger charge is 2.26. The van der Waals surface area contributed by atoms with Gasteiger partial charge in [-0.25, -0.2) is 0 Å². The summed E-state index contributed by atoms with van der Waals surface area (Å²) >= 11 is 0. The summed E-state index contributed by atoms with van der Waals surface area (Å²) in [4.78, 5) is 0. The second-order valence-electron chi connectivity index (χ2n) is 5.08. The Balaban J connectivity index is 2.13. The van der Waals surface area contributed by atoms with Gasteiger partial charge in [-0.1, -0.05) is 0 Å². The van der Waals surface area contributed by atoms with Gasteiger partial charge < -0.3 is 10.6 Å². The van der Waals surface area contributed by atoms with E-state index in [9.17, 15) is 0 Å². The second kappa shape index (κ2) is 4.77. The Morgan fingerprint density at radius 1 is 1.35 bits per heavy atom. The Hall–Kier alpha value is -1.53. The number of nitrogens with one attached hydrogen (secondary N) is 2. The van der Waals surface area contributed by atoms with Gasteiger partial charge in [0.2, 0.25) is 0 Å². The zero-order valence-electron chi connectivity index (χ0n) is 10.5. The second-order valence-corrected chi connectivity index (χ2v) is 5.08. The molecule has 0 aromatic heterocycles. The van der Waals surface area contributed by atoms with Crippen LogP contribution in [0.4, 0.5) is 5.69 Å². The highest BCUT2D eigenvalue weighted by atomic mass is 15.0. The number of rotatable bonds is 2. The molecule has 1 aromatic rings. The van der Waals surface area contributed by atoms with Crippen molar-refractivity contribution in [2.45, 2.75) is 32.2 Å². The number of hydrogen-bond acceptors (Lipinski definition) is 3. The Kier molecular flexibility index (Phi) is 3.35. The SMILES string of the molecule is Cc1cc(NC2(C)CCNCC2)ccc1C#N. The van der Waals surface area contributed by atoms with E-state index in [4.69, 9.17) is 5.26 Å². The van der Waals surface area contributed by atoms with Crippen molar-refractivity contribution in [1.82, 2.24) is 5.32 Å². The van der Waals surface area contributed by atoms with Crippen molar-refractivity contribution in [2.75, 3.05) is 18.4 Å². The lowest BCUT2D eigenvalue weighted by atomic mass is 9.90. The zero-order valence-corrected chi connectivity index (χ0v) is 10.5. The van der Waals surface area contributed by atoms with Crippen molar-refractivity contribution in [1.29, 1.82) is 5.26 Å². The first-order valence-electron chi connectivity index (χ1n) is 6.13. The van der Waals surface area contributed by atoms with Gasteiger partial charge in [-0.05, 0) is 63.5 Å². The maximum Gasteiger partial charge on any atom is 0.0994 e. The van der Waals surface area contributed by atoms with E-state index in [2.05, 4.69) is 29.7 Å². The lowest BCUT2D eigenvalue weighted by Gasteiger charge is -2.36. The third kappa shape index (κ3) is 2.78. The standard InChI is InChI=1S/C14H19N3/c1-11-9-13(4-3-12(11)10-15)17-14(2)5-7-16-8-6-14/h3-4,9,16-17H,5-8H2,1-2H3. The molecule has 0 radical (unpaired) electrons. The molecule has 0 aliphatic carbocycles. The summed E-state index contributed by atoms with van der Waals surface area (Å²) in [5, 5.41) is 15.9. The van der Waals surface area contributed by atoms with E-state index in [1.165, 1.54) is 0 Å². The third-order valence-corrected chi connectivity index (χ3v) is 3.50. The van der Waals surface area contributed by atoms with Crippen molar-refractivity contribution in [3.8, 4) is 6.07 Å². The first kappa shape index (κ1) is 11.9. The number of anilines is 1. The Morgan fingerprint density at radius 3 is 2.65 bits per heavy atom. The largest absolute Gasteiger partial charge is 0.380 e. The molecule has 0 saturated carbocycles. The Morgan fingerprint density at radius 2 is 2.06 bits per heavy atom. The molecule has 0 atom stereocenters. The van der Waals surface area contributed by atoms with Crippen LogP contribution in [0.5, 0.6) is 0 Å². The first-order valence-corrected chi connectivity index (χ1v) is 6.13. The predicted molar refractivity (Wildman–Crippen MR) is 70.0 cm³/mol. The summed E-state index contributed by atoms with van der Waals surface area (Å²) in [5.41, 5.74) is 3.08. The maximum atomic E-state index is 8.90. The Labute approximate surface area is 103 Å². The summed E-state index contributed by atoms with van der Waals surface area (Å²) < 4.78 is 0. The van der Waals surface area contributed by atoms with Gasteiger partial charge in [0.15, 0.2) is 0 Å². The predicted octanol–water partition coefficient (Wildman–Crippen LogP) is 2.42. The van der Waals surface area contributed by atoms with E-state index in [-0.39, 0.29) is 5.54 Å². The molecule has 1 heterocycles. The zero-order chi connectivity index (χ0) is 12.3. The minimum atomic E-state index is 0.172. The molecule has 2 rings (SSSR count). The van der Waals surface area contributed by atoms with Crippen LogP contribution >= 0.6 is 0 Å². The van der Waals surface area contributed by atoms with Gasteiger partial charge in [-0.3, -0.25) is 0 Å². The van der Waals surface area contributed by atoms with Crippen LogP contribution in [-0.2, 0) is 0 Å². The molecule has 1 aliphatic heterocycles. The highest BCUT2D eigenvalue weighted by Crippen LogP contribution is 2.24. The molecule has 0 spiro atoms. The van der Waals surface area contributed by atoms with Crippen molar-refractivity contribution in [3.05, 3.63) is 29.3 Å².